The largest absolute Gasteiger partial charge is 0.388 e. The molecule has 0 aromatic heterocycles. The normalized spacial score (nSPS) is 10.3. The van der Waals surface area contributed by atoms with Crippen LogP contribution in [-0.2, 0) is 6.54 Å². The van der Waals surface area contributed by atoms with E-state index in [9.17, 15) is 4.39 Å². The van der Waals surface area contributed by atoms with Crippen molar-refractivity contribution >= 4 is 23.0 Å². The highest BCUT2D eigenvalue weighted by molar-refractivity contribution is 6.30. The Balaban J connectivity index is 2.20. The molecule has 0 atom stereocenters. The highest BCUT2D eigenvalue weighted by Crippen LogP contribution is 2.22. The van der Waals surface area contributed by atoms with Gasteiger partial charge in [0.1, 0.15) is 5.82 Å². The van der Waals surface area contributed by atoms with Crippen molar-refractivity contribution in [2.45, 2.75) is 6.54 Å². The quantitative estimate of drug-likeness (QED) is 0.903. The first-order valence-corrected chi connectivity index (χ1v) is 6.41. The standard InChI is InChI=1S/C15H16ClFN2/c1-18-13-4-3-5-14(9-13)19(2)10-11-8-12(16)6-7-15(11)17/h3-9,18H,10H2,1-2H3. The van der Waals surface area contributed by atoms with Crippen molar-refractivity contribution in [2.75, 3.05) is 24.3 Å². The Hall–Kier alpha value is -1.74. The van der Waals surface area contributed by atoms with Crippen LogP contribution in [0, 0.1) is 5.82 Å². The summed E-state index contributed by atoms with van der Waals surface area (Å²) in [7, 11) is 3.80. The van der Waals surface area contributed by atoms with E-state index >= 15 is 0 Å². The van der Waals surface area contributed by atoms with E-state index in [0.717, 1.165) is 11.4 Å². The van der Waals surface area contributed by atoms with Gasteiger partial charge in [-0.3, -0.25) is 0 Å². The van der Waals surface area contributed by atoms with Gasteiger partial charge in [-0.15, -0.1) is 0 Å². The van der Waals surface area contributed by atoms with E-state index in [2.05, 4.69) is 5.32 Å². The minimum atomic E-state index is -0.235. The molecule has 0 fully saturated rings. The second kappa shape index (κ2) is 5.93. The molecule has 0 spiro atoms. The predicted molar refractivity (Wildman–Crippen MR) is 79.5 cm³/mol. The lowest BCUT2D eigenvalue weighted by molar-refractivity contribution is 0.608. The van der Waals surface area contributed by atoms with Crippen LogP contribution in [0.15, 0.2) is 42.5 Å². The van der Waals surface area contributed by atoms with Gasteiger partial charge in [0.15, 0.2) is 0 Å². The molecular weight excluding hydrogens is 263 g/mol. The zero-order chi connectivity index (χ0) is 13.8. The third-order valence-corrected chi connectivity index (χ3v) is 3.23. The fraction of sp³-hybridized carbons (Fsp3) is 0.200. The summed E-state index contributed by atoms with van der Waals surface area (Å²) in [6.07, 6.45) is 0. The van der Waals surface area contributed by atoms with Crippen LogP contribution in [0.25, 0.3) is 0 Å². The number of halogens is 2. The molecule has 0 saturated carbocycles. The Bertz CT molecular complexity index is 572. The van der Waals surface area contributed by atoms with Gasteiger partial charge in [-0.05, 0) is 36.4 Å². The van der Waals surface area contributed by atoms with E-state index in [1.165, 1.54) is 6.07 Å². The summed E-state index contributed by atoms with van der Waals surface area (Å²) in [4.78, 5) is 1.98. The van der Waals surface area contributed by atoms with Crippen molar-refractivity contribution in [3.63, 3.8) is 0 Å². The Morgan fingerprint density at radius 3 is 2.74 bits per heavy atom. The lowest BCUT2D eigenvalue weighted by atomic mass is 10.2. The van der Waals surface area contributed by atoms with Gasteiger partial charge in [-0.1, -0.05) is 17.7 Å². The third-order valence-electron chi connectivity index (χ3n) is 2.99. The van der Waals surface area contributed by atoms with Crippen LogP contribution in [0.4, 0.5) is 15.8 Å². The molecule has 0 saturated heterocycles. The maximum Gasteiger partial charge on any atom is 0.128 e. The smallest absolute Gasteiger partial charge is 0.128 e. The number of benzene rings is 2. The summed E-state index contributed by atoms with van der Waals surface area (Å²) in [6.45, 7) is 0.472. The van der Waals surface area contributed by atoms with E-state index in [0.29, 0.717) is 17.1 Å². The van der Waals surface area contributed by atoms with Gasteiger partial charge in [0.2, 0.25) is 0 Å². The van der Waals surface area contributed by atoms with E-state index in [1.807, 2.05) is 43.3 Å². The average molecular weight is 279 g/mol. The maximum atomic E-state index is 13.7. The van der Waals surface area contributed by atoms with Crippen molar-refractivity contribution in [3.8, 4) is 0 Å². The van der Waals surface area contributed by atoms with Crippen LogP contribution in [0.2, 0.25) is 5.02 Å². The van der Waals surface area contributed by atoms with Crippen molar-refractivity contribution in [1.82, 2.24) is 0 Å². The molecule has 0 aliphatic heterocycles. The highest BCUT2D eigenvalue weighted by atomic mass is 35.5. The minimum absolute atomic E-state index is 0.235. The second-order valence-electron chi connectivity index (χ2n) is 4.39. The molecule has 2 nitrogen and oxygen atoms in total. The Morgan fingerprint density at radius 2 is 2.00 bits per heavy atom. The molecule has 0 radical (unpaired) electrons. The average Bonchev–Trinajstić information content (AvgIpc) is 2.43. The number of hydrogen-bond acceptors (Lipinski definition) is 2. The fourth-order valence-corrected chi connectivity index (χ4v) is 2.10. The summed E-state index contributed by atoms with van der Waals surface area (Å²) in [6, 6.07) is 12.6. The molecule has 2 aromatic carbocycles. The van der Waals surface area contributed by atoms with Gasteiger partial charge in [-0.2, -0.15) is 0 Å². The van der Waals surface area contributed by atoms with Gasteiger partial charge in [0.25, 0.3) is 0 Å². The topological polar surface area (TPSA) is 15.3 Å². The molecule has 0 amide bonds. The maximum absolute atomic E-state index is 13.7. The summed E-state index contributed by atoms with van der Waals surface area (Å²) in [5.41, 5.74) is 2.63. The van der Waals surface area contributed by atoms with Crippen molar-refractivity contribution < 1.29 is 4.39 Å². The van der Waals surface area contributed by atoms with E-state index in [1.54, 1.807) is 12.1 Å². The van der Waals surface area contributed by atoms with E-state index in [-0.39, 0.29) is 5.82 Å². The van der Waals surface area contributed by atoms with Gasteiger partial charge in [0.05, 0.1) is 0 Å². The molecule has 2 rings (SSSR count). The van der Waals surface area contributed by atoms with E-state index < -0.39 is 0 Å². The van der Waals surface area contributed by atoms with Crippen LogP contribution >= 0.6 is 11.6 Å². The van der Waals surface area contributed by atoms with Crippen LogP contribution in [0.1, 0.15) is 5.56 Å². The zero-order valence-corrected chi connectivity index (χ0v) is 11.7. The Morgan fingerprint density at radius 1 is 1.21 bits per heavy atom. The number of nitrogens with one attached hydrogen (secondary N) is 1. The third kappa shape index (κ3) is 3.38. The first kappa shape index (κ1) is 13.7. The molecule has 0 aliphatic rings. The SMILES string of the molecule is CNc1cccc(N(C)Cc2cc(Cl)ccc2F)c1. The van der Waals surface area contributed by atoms with Crippen molar-refractivity contribution in [3.05, 3.63) is 58.9 Å². The molecule has 2 aromatic rings. The molecule has 19 heavy (non-hydrogen) atoms. The Labute approximate surface area is 117 Å². The Kier molecular flexibility index (Phi) is 4.27. The molecule has 4 heteroatoms. The van der Waals surface area contributed by atoms with Crippen molar-refractivity contribution in [2.24, 2.45) is 0 Å². The molecule has 0 bridgehead atoms. The number of nitrogens with zero attached hydrogens (tertiary/aromatic N) is 1. The molecular formula is C15H16ClFN2. The van der Waals surface area contributed by atoms with Gasteiger partial charge in [0, 0.05) is 42.6 Å². The predicted octanol–water partition coefficient (Wildman–Crippen LogP) is 4.16. The second-order valence-corrected chi connectivity index (χ2v) is 4.83. The van der Waals surface area contributed by atoms with Crippen LogP contribution in [0.5, 0.6) is 0 Å². The molecule has 0 heterocycles. The minimum Gasteiger partial charge on any atom is -0.388 e. The molecule has 1 N–H and O–H groups in total. The first-order valence-electron chi connectivity index (χ1n) is 6.03. The number of anilines is 2. The van der Waals surface area contributed by atoms with Crippen molar-refractivity contribution in [1.29, 1.82) is 0 Å². The number of rotatable bonds is 4. The van der Waals surface area contributed by atoms with Crippen LogP contribution in [0.3, 0.4) is 0 Å². The lowest BCUT2D eigenvalue weighted by Crippen LogP contribution is -2.17. The van der Waals surface area contributed by atoms with Crippen LogP contribution < -0.4 is 10.2 Å². The molecule has 0 unspecified atom stereocenters. The highest BCUT2D eigenvalue weighted by Gasteiger charge is 2.07. The van der Waals surface area contributed by atoms with E-state index in [4.69, 9.17) is 11.6 Å². The first-order chi connectivity index (χ1) is 9.10. The van der Waals surface area contributed by atoms with Gasteiger partial charge < -0.3 is 10.2 Å². The molecule has 100 valence electrons. The zero-order valence-electron chi connectivity index (χ0n) is 11.0. The lowest BCUT2D eigenvalue weighted by Gasteiger charge is -2.20. The van der Waals surface area contributed by atoms with Gasteiger partial charge >= 0.3 is 0 Å². The van der Waals surface area contributed by atoms with Crippen LogP contribution in [-0.4, -0.2) is 14.1 Å². The summed E-state index contributed by atoms with van der Waals surface area (Å²) in [5.74, 6) is -0.235. The van der Waals surface area contributed by atoms with Gasteiger partial charge in [-0.25, -0.2) is 4.39 Å². The fourth-order valence-electron chi connectivity index (χ4n) is 1.91. The summed E-state index contributed by atoms with van der Waals surface area (Å²) >= 11 is 5.90. The summed E-state index contributed by atoms with van der Waals surface area (Å²) < 4.78 is 13.7. The number of hydrogen-bond donors (Lipinski definition) is 1. The monoisotopic (exact) mass is 278 g/mol. The molecule has 0 aliphatic carbocycles. The summed E-state index contributed by atoms with van der Waals surface area (Å²) in [5, 5.41) is 3.63.